The molecule has 1 aliphatic heterocycles. The predicted molar refractivity (Wildman–Crippen MR) is 140 cm³/mol. The van der Waals surface area contributed by atoms with Gasteiger partial charge in [0.2, 0.25) is 0 Å². The van der Waals surface area contributed by atoms with E-state index in [1.807, 2.05) is 18.2 Å². The monoisotopic (exact) mass is 570 g/mol. The Morgan fingerprint density at radius 3 is 2.48 bits per heavy atom. The third kappa shape index (κ3) is 7.88. The molecular weight excluding hydrogens is 534 g/mol. The number of methoxy groups -OCH3 is 1. The van der Waals surface area contributed by atoms with Crippen LogP contribution in [-0.2, 0) is 13.0 Å². The Labute approximate surface area is 213 Å². The first-order valence-corrected chi connectivity index (χ1v) is 11.8. The Morgan fingerprint density at radius 1 is 1.12 bits per heavy atom. The average Bonchev–Trinajstić information content (AvgIpc) is 3.50. The molecule has 1 aliphatic carbocycles. The van der Waals surface area contributed by atoms with E-state index in [2.05, 4.69) is 15.5 Å². The fourth-order valence-electron chi connectivity index (χ4n) is 4.62. The molecule has 1 saturated carbocycles. The maximum absolute atomic E-state index is 14.0. The van der Waals surface area contributed by atoms with Crippen LogP contribution in [0.3, 0.4) is 0 Å². The molecule has 1 aromatic heterocycles. The minimum Gasteiger partial charge on any atom is -0.494 e. The first-order valence-electron chi connectivity index (χ1n) is 11.8. The van der Waals surface area contributed by atoms with Crippen LogP contribution in [0.5, 0.6) is 5.75 Å². The molecule has 0 atom stereocenters. The van der Waals surface area contributed by atoms with Gasteiger partial charge < -0.3 is 19.8 Å². The number of likely N-dealkylation sites (tertiary alicyclic amines) is 1. The summed E-state index contributed by atoms with van der Waals surface area (Å²) in [7, 11) is 1.49. The fraction of sp³-hybridized carbons (Fsp3) is 0.560. The molecule has 2 aromatic rings. The number of guanidine groups is 1. The predicted octanol–water partition coefficient (Wildman–Crippen LogP) is 4.73. The molecule has 0 amide bonds. The van der Waals surface area contributed by atoms with E-state index >= 15 is 0 Å². The minimum atomic E-state index is -0.296. The van der Waals surface area contributed by atoms with Gasteiger partial charge in [0.1, 0.15) is 5.76 Å². The maximum atomic E-state index is 14.0. The number of aliphatic imine (C=N–C) groups is 1. The average molecular weight is 570 g/mol. The summed E-state index contributed by atoms with van der Waals surface area (Å²) < 4.78 is 24.4. The van der Waals surface area contributed by atoms with E-state index in [4.69, 9.17) is 14.1 Å². The van der Waals surface area contributed by atoms with Gasteiger partial charge in [-0.2, -0.15) is 0 Å². The molecule has 182 valence electrons. The summed E-state index contributed by atoms with van der Waals surface area (Å²) in [4.78, 5) is 7.22. The van der Waals surface area contributed by atoms with Crippen LogP contribution in [0.15, 0.2) is 46.0 Å². The first-order chi connectivity index (χ1) is 15.7. The van der Waals surface area contributed by atoms with Gasteiger partial charge in [0.25, 0.3) is 0 Å². The van der Waals surface area contributed by atoms with E-state index in [9.17, 15) is 4.39 Å². The van der Waals surface area contributed by atoms with Gasteiger partial charge in [-0.05, 0) is 55.5 Å². The molecular formula is C25H36FIN4O2. The molecule has 6 nitrogen and oxygen atoms in total. The summed E-state index contributed by atoms with van der Waals surface area (Å²) in [5.74, 6) is 1.90. The highest BCUT2D eigenvalue weighted by Gasteiger charge is 2.22. The van der Waals surface area contributed by atoms with E-state index in [0.717, 1.165) is 56.2 Å². The zero-order chi connectivity index (χ0) is 22.2. The quantitative estimate of drug-likeness (QED) is 0.273. The Kier molecular flexibility index (Phi) is 10.3. The van der Waals surface area contributed by atoms with E-state index < -0.39 is 0 Å². The number of furan rings is 1. The molecule has 2 aliphatic rings. The van der Waals surface area contributed by atoms with Crippen molar-refractivity contribution >= 4 is 29.9 Å². The molecule has 0 radical (unpaired) electrons. The van der Waals surface area contributed by atoms with Crippen molar-refractivity contribution in [1.82, 2.24) is 15.5 Å². The molecule has 8 heteroatoms. The summed E-state index contributed by atoms with van der Waals surface area (Å²) in [5, 5.41) is 7.33. The molecule has 4 rings (SSSR count). The summed E-state index contributed by atoms with van der Waals surface area (Å²) in [6.07, 6.45) is 9.63. The Balaban J connectivity index is 0.00000306. The molecule has 0 unspecified atom stereocenters. The fourth-order valence-corrected chi connectivity index (χ4v) is 4.62. The van der Waals surface area contributed by atoms with Crippen molar-refractivity contribution in [3.63, 3.8) is 0 Å². The third-order valence-corrected chi connectivity index (χ3v) is 6.46. The first kappa shape index (κ1) is 25.8. The lowest BCUT2D eigenvalue weighted by atomic mass is 10.0. The molecule has 1 saturated heterocycles. The van der Waals surface area contributed by atoms with Crippen LogP contribution in [0, 0.1) is 5.82 Å². The highest BCUT2D eigenvalue weighted by Crippen LogP contribution is 2.21. The molecule has 2 heterocycles. The van der Waals surface area contributed by atoms with Crippen LogP contribution in [0.25, 0.3) is 0 Å². The van der Waals surface area contributed by atoms with Gasteiger partial charge in [-0.15, -0.1) is 24.0 Å². The highest BCUT2D eigenvalue weighted by atomic mass is 127. The minimum absolute atomic E-state index is 0. The van der Waals surface area contributed by atoms with Gasteiger partial charge in [-0.1, -0.05) is 18.9 Å². The SMILES string of the molecule is COc1ccc(CN2CCC(NC(=NCCc3ccco3)NC3CCCC3)CC2)cc1F.I. The van der Waals surface area contributed by atoms with E-state index in [1.165, 1.54) is 32.8 Å². The molecule has 2 N–H and O–H groups in total. The van der Waals surface area contributed by atoms with Gasteiger partial charge in [-0.25, -0.2) is 4.39 Å². The number of nitrogens with zero attached hydrogens (tertiary/aromatic N) is 2. The van der Waals surface area contributed by atoms with Gasteiger partial charge >= 0.3 is 0 Å². The molecule has 0 spiro atoms. The lowest BCUT2D eigenvalue weighted by molar-refractivity contribution is 0.198. The number of hydrogen-bond acceptors (Lipinski definition) is 4. The van der Waals surface area contributed by atoms with Gasteiger partial charge in [-0.3, -0.25) is 9.89 Å². The van der Waals surface area contributed by atoms with Crippen LogP contribution >= 0.6 is 24.0 Å². The van der Waals surface area contributed by atoms with Crippen LogP contribution in [-0.4, -0.2) is 49.7 Å². The second-order valence-corrected chi connectivity index (χ2v) is 8.85. The summed E-state index contributed by atoms with van der Waals surface area (Å²) >= 11 is 0. The number of hydrogen-bond donors (Lipinski definition) is 2. The van der Waals surface area contributed by atoms with E-state index in [0.29, 0.717) is 24.4 Å². The van der Waals surface area contributed by atoms with Gasteiger partial charge in [0, 0.05) is 44.7 Å². The maximum Gasteiger partial charge on any atom is 0.191 e. The lowest BCUT2D eigenvalue weighted by Gasteiger charge is -2.33. The van der Waals surface area contributed by atoms with Crippen LogP contribution in [0.4, 0.5) is 4.39 Å². The second-order valence-electron chi connectivity index (χ2n) is 8.85. The van der Waals surface area contributed by atoms with E-state index in [-0.39, 0.29) is 29.8 Å². The smallest absolute Gasteiger partial charge is 0.191 e. The zero-order valence-corrected chi connectivity index (χ0v) is 21.7. The summed E-state index contributed by atoms with van der Waals surface area (Å²) in [6.45, 7) is 3.43. The Morgan fingerprint density at radius 2 is 1.85 bits per heavy atom. The normalized spacial score (nSPS) is 18.2. The topological polar surface area (TPSA) is 62.0 Å². The Hall–Kier alpha value is -1.81. The second kappa shape index (κ2) is 13.2. The van der Waals surface area contributed by atoms with Crippen molar-refractivity contribution in [2.24, 2.45) is 4.99 Å². The summed E-state index contributed by atoms with van der Waals surface area (Å²) in [5.41, 5.74) is 0.984. The number of halogens is 2. The van der Waals surface area contributed by atoms with Gasteiger partial charge in [0.05, 0.1) is 13.4 Å². The highest BCUT2D eigenvalue weighted by molar-refractivity contribution is 14.0. The largest absolute Gasteiger partial charge is 0.494 e. The number of rotatable bonds is 8. The molecule has 2 fully saturated rings. The van der Waals surface area contributed by atoms with Crippen molar-refractivity contribution in [3.8, 4) is 5.75 Å². The number of nitrogens with one attached hydrogen (secondary N) is 2. The van der Waals surface area contributed by atoms with Gasteiger partial charge in [0.15, 0.2) is 17.5 Å². The number of ether oxygens (including phenoxy) is 1. The van der Waals surface area contributed by atoms with Crippen molar-refractivity contribution in [3.05, 3.63) is 53.7 Å². The van der Waals surface area contributed by atoms with Crippen molar-refractivity contribution in [1.29, 1.82) is 0 Å². The number of piperidine rings is 1. The van der Waals surface area contributed by atoms with E-state index in [1.54, 1.807) is 18.4 Å². The molecule has 0 bridgehead atoms. The lowest BCUT2D eigenvalue weighted by Crippen LogP contribution is -2.50. The van der Waals surface area contributed by atoms with Crippen molar-refractivity contribution < 1.29 is 13.5 Å². The standard InChI is InChI=1S/C25H35FN4O2.HI/c1-31-24-9-8-19(17-23(24)26)18-30-14-11-21(12-15-30)29-25(28-20-5-2-3-6-20)27-13-10-22-7-4-16-32-22;/h4,7-9,16-17,20-21H,2-3,5-6,10-15,18H2,1H3,(H2,27,28,29);1H. The zero-order valence-electron chi connectivity index (χ0n) is 19.4. The van der Waals surface area contributed by atoms with Crippen molar-refractivity contribution in [2.75, 3.05) is 26.7 Å². The molecule has 33 heavy (non-hydrogen) atoms. The van der Waals surface area contributed by atoms with Crippen molar-refractivity contribution in [2.45, 2.75) is 63.6 Å². The van der Waals surface area contributed by atoms with Crippen LogP contribution in [0.1, 0.15) is 49.8 Å². The molecule has 1 aromatic carbocycles. The van der Waals surface area contributed by atoms with Crippen LogP contribution in [0.2, 0.25) is 0 Å². The number of benzene rings is 1. The third-order valence-electron chi connectivity index (χ3n) is 6.46. The van der Waals surface area contributed by atoms with Crippen LogP contribution < -0.4 is 15.4 Å². The summed E-state index contributed by atoms with van der Waals surface area (Å²) in [6, 6.07) is 10.1. The Bertz CT molecular complexity index is 863.